The van der Waals surface area contributed by atoms with Crippen LogP contribution in [-0.2, 0) is 0 Å². The zero-order valence-electron chi connectivity index (χ0n) is 10.8. The van der Waals surface area contributed by atoms with Gasteiger partial charge in [-0.1, -0.05) is 23.2 Å². The molecule has 19 heavy (non-hydrogen) atoms. The summed E-state index contributed by atoms with van der Waals surface area (Å²) in [5, 5.41) is 3.98. The molecule has 0 aliphatic rings. The van der Waals surface area contributed by atoms with Crippen molar-refractivity contribution in [2.24, 2.45) is 0 Å². The number of hydrogen-bond donors (Lipinski definition) is 1. The summed E-state index contributed by atoms with van der Waals surface area (Å²) in [4.78, 5) is 14.7. The van der Waals surface area contributed by atoms with E-state index in [0.29, 0.717) is 33.3 Å². The lowest BCUT2D eigenvalue weighted by atomic mass is 10.2. The molecule has 0 unspecified atom stereocenters. The van der Waals surface area contributed by atoms with Gasteiger partial charge in [-0.3, -0.25) is 0 Å². The highest BCUT2D eigenvalue weighted by atomic mass is 35.5. The smallest absolute Gasteiger partial charge is 0.230 e. The van der Waals surface area contributed by atoms with Crippen LogP contribution >= 0.6 is 23.2 Å². The highest BCUT2D eigenvalue weighted by molar-refractivity contribution is 6.36. The molecule has 0 spiro atoms. The standard InChI is InChI=1S/C12H13Cl2N5/c1-15-11-16-10(17-12(18-11)19(2)3)8-5-4-7(13)6-9(8)14/h4-6H,1-3H3,(H,15,16,17,18). The lowest BCUT2D eigenvalue weighted by Crippen LogP contribution is -2.15. The first-order valence-corrected chi connectivity index (χ1v) is 6.33. The number of hydrogen-bond acceptors (Lipinski definition) is 5. The van der Waals surface area contributed by atoms with Gasteiger partial charge in [-0.15, -0.1) is 0 Å². The Bertz CT molecular complexity index is 601. The fourth-order valence-corrected chi connectivity index (χ4v) is 1.96. The molecule has 2 aromatic rings. The van der Waals surface area contributed by atoms with Gasteiger partial charge < -0.3 is 10.2 Å². The second-order valence-electron chi connectivity index (χ2n) is 4.05. The van der Waals surface area contributed by atoms with Gasteiger partial charge in [-0.05, 0) is 18.2 Å². The quantitative estimate of drug-likeness (QED) is 0.944. The van der Waals surface area contributed by atoms with Crippen molar-refractivity contribution < 1.29 is 0 Å². The molecule has 5 nitrogen and oxygen atoms in total. The summed E-state index contributed by atoms with van der Waals surface area (Å²) < 4.78 is 0. The van der Waals surface area contributed by atoms with E-state index >= 15 is 0 Å². The molecule has 7 heteroatoms. The van der Waals surface area contributed by atoms with Crippen LogP contribution in [-0.4, -0.2) is 36.1 Å². The predicted octanol–water partition coefficient (Wildman–Crippen LogP) is 2.95. The van der Waals surface area contributed by atoms with E-state index in [2.05, 4.69) is 20.3 Å². The van der Waals surface area contributed by atoms with E-state index in [4.69, 9.17) is 23.2 Å². The van der Waals surface area contributed by atoms with E-state index in [1.165, 1.54) is 0 Å². The van der Waals surface area contributed by atoms with Gasteiger partial charge >= 0.3 is 0 Å². The van der Waals surface area contributed by atoms with E-state index in [0.717, 1.165) is 0 Å². The third-order valence-electron chi connectivity index (χ3n) is 2.42. The maximum Gasteiger partial charge on any atom is 0.230 e. The van der Waals surface area contributed by atoms with Gasteiger partial charge in [0.1, 0.15) is 0 Å². The molecule has 0 saturated carbocycles. The number of nitrogens with one attached hydrogen (secondary N) is 1. The fraction of sp³-hybridized carbons (Fsp3) is 0.250. The molecule has 0 saturated heterocycles. The maximum absolute atomic E-state index is 6.17. The third-order valence-corrected chi connectivity index (χ3v) is 2.97. The minimum absolute atomic E-state index is 0.486. The first-order valence-electron chi connectivity index (χ1n) is 5.58. The molecule has 0 amide bonds. The van der Waals surface area contributed by atoms with Crippen molar-refractivity contribution in [2.75, 3.05) is 31.4 Å². The molecule has 0 fully saturated rings. The van der Waals surface area contributed by atoms with Crippen LogP contribution in [0.1, 0.15) is 0 Å². The van der Waals surface area contributed by atoms with Crippen LogP contribution in [0.2, 0.25) is 10.0 Å². The van der Waals surface area contributed by atoms with Gasteiger partial charge in [0.2, 0.25) is 11.9 Å². The molecular weight excluding hydrogens is 285 g/mol. The zero-order chi connectivity index (χ0) is 14.0. The highest BCUT2D eigenvalue weighted by Gasteiger charge is 2.12. The largest absolute Gasteiger partial charge is 0.357 e. The Morgan fingerprint density at radius 2 is 1.84 bits per heavy atom. The molecule has 0 atom stereocenters. The Balaban J connectivity index is 2.57. The van der Waals surface area contributed by atoms with Gasteiger partial charge in [-0.25, -0.2) is 0 Å². The normalized spacial score (nSPS) is 10.4. The molecule has 1 N–H and O–H groups in total. The molecule has 2 rings (SSSR count). The van der Waals surface area contributed by atoms with Gasteiger partial charge in [0.05, 0.1) is 5.02 Å². The molecule has 1 aromatic carbocycles. The van der Waals surface area contributed by atoms with Crippen molar-refractivity contribution in [1.29, 1.82) is 0 Å². The van der Waals surface area contributed by atoms with Crippen molar-refractivity contribution in [2.45, 2.75) is 0 Å². The number of aromatic nitrogens is 3. The SMILES string of the molecule is CNc1nc(-c2ccc(Cl)cc2Cl)nc(N(C)C)n1. The number of halogens is 2. The molecule has 1 aromatic heterocycles. The van der Waals surface area contributed by atoms with E-state index in [9.17, 15) is 0 Å². The topological polar surface area (TPSA) is 53.9 Å². The second kappa shape index (κ2) is 5.59. The van der Waals surface area contributed by atoms with Gasteiger partial charge in [0.15, 0.2) is 5.82 Å². The molecular formula is C12H13Cl2N5. The Morgan fingerprint density at radius 3 is 2.42 bits per heavy atom. The number of anilines is 2. The fourth-order valence-electron chi connectivity index (χ4n) is 1.47. The molecule has 0 radical (unpaired) electrons. The van der Waals surface area contributed by atoms with Crippen LogP contribution in [0, 0.1) is 0 Å². The molecule has 0 aliphatic carbocycles. The van der Waals surface area contributed by atoms with Crippen LogP contribution in [0.3, 0.4) is 0 Å². The summed E-state index contributed by atoms with van der Waals surface area (Å²) in [5.74, 6) is 1.55. The van der Waals surface area contributed by atoms with Crippen molar-refractivity contribution in [3.8, 4) is 11.4 Å². The van der Waals surface area contributed by atoms with E-state index in [1.54, 1.807) is 30.1 Å². The molecule has 1 heterocycles. The summed E-state index contributed by atoms with van der Waals surface area (Å²) in [5.41, 5.74) is 0.716. The lowest BCUT2D eigenvalue weighted by Gasteiger charge is -2.13. The minimum Gasteiger partial charge on any atom is -0.357 e. The number of rotatable bonds is 3. The Labute approximate surface area is 121 Å². The summed E-state index contributed by atoms with van der Waals surface area (Å²) >= 11 is 12.1. The predicted molar refractivity (Wildman–Crippen MR) is 79.2 cm³/mol. The van der Waals surface area contributed by atoms with Crippen LogP contribution < -0.4 is 10.2 Å². The van der Waals surface area contributed by atoms with E-state index in [-0.39, 0.29) is 0 Å². The highest BCUT2D eigenvalue weighted by Crippen LogP contribution is 2.29. The van der Waals surface area contributed by atoms with Gasteiger partial charge in [-0.2, -0.15) is 15.0 Å². The average Bonchev–Trinajstić information content (AvgIpc) is 2.38. The lowest BCUT2D eigenvalue weighted by molar-refractivity contribution is 0.963. The maximum atomic E-state index is 6.17. The van der Waals surface area contributed by atoms with Crippen LogP contribution in [0.15, 0.2) is 18.2 Å². The molecule has 100 valence electrons. The van der Waals surface area contributed by atoms with Crippen molar-refractivity contribution in [3.05, 3.63) is 28.2 Å². The van der Waals surface area contributed by atoms with Crippen molar-refractivity contribution in [3.63, 3.8) is 0 Å². The van der Waals surface area contributed by atoms with Crippen LogP contribution in [0.25, 0.3) is 11.4 Å². The van der Waals surface area contributed by atoms with Gasteiger partial charge in [0, 0.05) is 31.7 Å². The van der Waals surface area contributed by atoms with E-state index in [1.807, 2.05) is 14.1 Å². The average molecular weight is 298 g/mol. The second-order valence-corrected chi connectivity index (χ2v) is 4.89. The van der Waals surface area contributed by atoms with Crippen LogP contribution in [0.4, 0.5) is 11.9 Å². The van der Waals surface area contributed by atoms with Gasteiger partial charge in [0.25, 0.3) is 0 Å². The summed E-state index contributed by atoms with van der Waals surface area (Å²) in [6, 6.07) is 5.20. The third kappa shape index (κ3) is 3.05. The summed E-state index contributed by atoms with van der Waals surface area (Å²) in [6.07, 6.45) is 0. The van der Waals surface area contributed by atoms with Crippen LogP contribution in [0.5, 0.6) is 0 Å². The molecule has 0 aliphatic heterocycles. The number of benzene rings is 1. The first-order chi connectivity index (χ1) is 9.01. The summed E-state index contributed by atoms with van der Waals surface area (Å²) in [7, 11) is 5.48. The monoisotopic (exact) mass is 297 g/mol. The Kier molecular flexibility index (Phi) is 4.07. The van der Waals surface area contributed by atoms with Crippen molar-refractivity contribution in [1.82, 2.24) is 15.0 Å². The Hall–Kier alpha value is -1.59. The summed E-state index contributed by atoms with van der Waals surface area (Å²) in [6.45, 7) is 0. The van der Waals surface area contributed by atoms with E-state index < -0.39 is 0 Å². The zero-order valence-corrected chi connectivity index (χ0v) is 12.3. The first kappa shape index (κ1) is 13.8. The van der Waals surface area contributed by atoms with Crippen molar-refractivity contribution >= 4 is 35.1 Å². The minimum atomic E-state index is 0.486. The number of nitrogens with zero attached hydrogens (tertiary/aromatic N) is 4. The molecule has 0 bridgehead atoms. The Morgan fingerprint density at radius 1 is 1.11 bits per heavy atom.